The molecule has 37 heavy (non-hydrogen) atoms. The van der Waals surface area contributed by atoms with Gasteiger partial charge in [-0.3, -0.25) is 0 Å². The topological polar surface area (TPSA) is 63.6 Å². The molecule has 3 rings (SSSR count). The molecule has 0 saturated carbocycles. The number of carbonyl (C=O) groups excluding carboxylic acids is 1. The molecule has 0 unspecified atom stereocenters. The number of carboxylic acid groups (broad SMARTS) is 1. The summed E-state index contributed by atoms with van der Waals surface area (Å²) in [6.45, 7) is 8.78. The number of rotatable bonds is 13. The summed E-state index contributed by atoms with van der Waals surface area (Å²) in [7, 11) is 0. The van der Waals surface area contributed by atoms with Crippen LogP contribution in [0.25, 0.3) is 11.1 Å². The second kappa shape index (κ2) is 13.8. The molecule has 4 nitrogen and oxygen atoms in total. The van der Waals surface area contributed by atoms with Gasteiger partial charge in [0.2, 0.25) is 0 Å². The van der Waals surface area contributed by atoms with Gasteiger partial charge in [-0.15, -0.1) is 0 Å². The van der Waals surface area contributed by atoms with Crippen LogP contribution in [0.2, 0.25) is 0 Å². The Hall–Kier alpha value is -3.40. The van der Waals surface area contributed by atoms with Crippen molar-refractivity contribution < 1.29 is 19.4 Å². The minimum Gasteiger partial charge on any atom is -0.478 e. The van der Waals surface area contributed by atoms with E-state index in [1.165, 1.54) is 18.4 Å². The Bertz CT molecular complexity index is 1160. The van der Waals surface area contributed by atoms with E-state index in [0.29, 0.717) is 22.8 Å². The van der Waals surface area contributed by atoms with Crippen LogP contribution in [0, 0.1) is 5.92 Å². The third kappa shape index (κ3) is 7.79. The van der Waals surface area contributed by atoms with E-state index in [-0.39, 0.29) is 11.9 Å². The number of carboxylic acids is 1. The summed E-state index contributed by atoms with van der Waals surface area (Å²) in [6.07, 6.45) is 7.81. The fourth-order valence-electron chi connectivity index (χ4n) is 4.87. The van der Waals surface area contributed by atoms with Gasteiger partial charge >= 0.3 is 11.9 Å². The van der Waals surface area contributed by atoms with Crippen LogP contribution >= 0.6 is 0 Å². The van der Waals surface area contributed by atoms with Crippen molar-refractivity contribution in [1.82, 2.24) is 0 Å². The SMILES string of the molecule is CCCCCc1ccc(C(=O)Oc2ccc(-c3ccc(C(=O)O)cc3[C@H](C)CC(CC)CC)cc2)cc1. The Kier molecular flexibility index (Phi) is 10.5. The van der Waals surface area contributed by atoms with Crippen LogP contribution in [0.15, 0.2) is 66.7 Å². The van der Waals surface area contributed by atoms with Crippen molar-refractivity contribution in [1.29, 1.82) is 0 Å². The fraction of sp³-hybridized carbons (Fsp3) is 0.394. The average molecular weight is 501 g/mol. The molecule has 0 aliphatic heterocycles. The molecule has 0 amide bonds. The van der Waals surface area contributed by atoms with Crippen molar-refractivity contribution in [3.8, 4) is 16.9 Å². The summed E-state index contributed by atoms with van der Waals surface area (Å²) in [5, 5.41) is 9.56. The lowest BCUT2D eigenvalue weighted by Crippen LogP contribution is -2.08. The number of carbonyl (C=O) groups is 2. The zero-order valence-corrected chi connectivity index (χ0v) is 22.6. The molecular formula is C33H40O4. The number of hydrogen-bond donors (Lipinski definition) is 1. The maximum Gasteiger partial charge on any atom is 0.343 e. The van der Waals surface area contributed by atoms with Crippen molar-refractivity contribution in [2.45, 2.75) is 78.6 Å². The first kappa shape index (κ1) is 28.2. The molecule has 0 saturated heterocycles. The van der Waals surface area contributed by atoms with Gasteiger partial charge in [-0.05, 0) is 89.8 Å². The number of unbranched alkanes of at least 4 members (excludes halogenated alkanes) is 2. The summed E-state index contributed by atoms with van der Waals surface area (Å²) in [6, 6.07) is 20.5. The minimum atomic E-state index is -0.918. The quantitative estimate of drug-likeness (QED) is 0.144. The van der Waals surface area contributed by atoms with Crippen molar-refractivity contribution >= 4 is 11.9 Å². The van der Waals surface area contributed by atoms with Crippen molar-refractivity contribution in [2.24, 2.45) is 5.92 Å². The van der Waals surface area contributed by atoms with Gasteiger partial charge in [0.25, 0.3) is 0 Å². The molecule has 0 fully saturated rings. The largest absolute Gasteiger partial charge is 0.478 e. The third-order valence-electron chi connectivity index (χ3n) is 7.31. The summed E-state index contributed by atoms with van der Waals surface area (Å²) < 4.78 is 5.62. The van der Waals surface area contributed by atoms with Crippen LogP contribution in [0.5, 0.6) is 5.75 Å². The van der Waals surface area contributed by atoms with Crippen LogP contribution in [0.1, 0.15) is 104 Å². The van der Waals surface area contributed by atoms with Crippen LogP contribution < -0.4 is 4.74 Å². The Balaban J connectivity index is 1.76. The van der Waals surface area contributed by atoms with E-state index >= 15 is 0 Å². The lowest BCUT2D eigenvalue weighted by Gasteiger charge is -2.22. The van der Waals surface area contributed by atoms with Gasteiger partial charge in [-0.25, -0.2) is 9.59 Å². The molecule has 0 bridgehead atoms. The number of benzene rings is 3. The molecule has 1 N–H and O–H groups in total. The molecule has 0 aliphatic rings. The first-order chi connectivity index (χ1) is 17.9. The molecule has 3 aromatic carbocycles. The summed E-state index contributed by atoms with van der Waals surface area (Å²) >= 11 is 0. The van der Waals surface area contributed by atoms with Gasteiger partial charge in [0, 0.05) is 0 Å². The van der Waals surface area contributed by atoms with Crippen LogP contribution in [-0.4, -0.2) is 17.0 Å². The van der Waals surface area contributed by atoms with Gasteiger partial charge in [-0.1, -0.05) is 83.7 Å². The second-order valence-electron chi connectivity index (χ2n) is 9.99. The average Bonchev–Trinajstić information content (AvgIpc) is 2.92. The predicted molar refractivity (Wildman–Crippen MR) is 151 cm³/mol. The highest BCUT2D eigenvalue weighted by Crippen LogP contribution is 2.35. The molecule has 1 atom stereocenters. The number of aromatic carboxylic acids is 1. The normalized spacial score (nSPS) is 11.9. The molecule has 0 aromatic heterocycles. The predicted octanol–water partition coefficient (Wildman–Crippen LogP) is 8.93. The zero-order valence-electron chi connectivity index (χ0n) is 22.6. The van der Waals surface area contributed by atoms with Gasteiger partial charge in [-0.2, -0.15) is 0 Å². The van der Waals surface area contributed by atoms with Crippen molar-refractivity contribution in [3.05, 3.63) is 89.0 Å². The monoisotopic (exact) mass is 500 g/mol. The van der Waals surface area contributed by atoms with E-state index in [1.807, 2.05) is 48.5 Å². The summed E-state index contributed by atoms with van der Waals surface area (Å²) in [5.41, 5.74) is 5.09. The van der Waals surface area contributed by atoms with Crippen LogP contribution in [-0.2, 0) is 6.42 Å². The lowest BCUT2D eigenvalue weighted by atomic mass is 9.83. The van der Waals surface area contributed by atoms with E-state index in [4.69, 9.17) is 4.74 Å². The second-order valence-corrected chi connectivity index (χ2v) is 9.99. The van der Waals surface area contributed by atoms with E-state index in [9.17, 15) is 14.7 Å². The molecule has 3 aromatic rings. The maximum atomic E-state index is 12.7. The molecule has 0 radical (unpaired) electrons. The maximum absolute atomic E-state index is 12.7. The van der Waals surface area contributed by atoms with Gasteiger partial charge in [0.05, 0.1) is 11.1 Å². The first-order valence-corrected chi connectivity index (χ1v) is 13.6. The van der Waals surface area contributed by atoms with E-state index in [0.717, 1.165) is 48.8 Å². The van der Waals surface area contributed by atoms with Crippen LogP contribution in [0.3, 0.4) is 0 Å². The smallest absolute Gasteiger partial charge is 0.343 e. The number of aryl methyl sites for hydroxylation is 1. The molecular weight excluding hydrogens is 460 g/mol. The zero-order chi connectivity index (χ0) is 26.8. The minimum absolute atomic E-state index is 0.224. The number of esters is 1. The van der Waals surface area contributed by atoms with Crippen LogP contribution in [0.4, 0.5) is 0 Å². The van der Waals surface area contributed by atoms with Gasteiger partial charge in [0.1, 0.15) is 5.75 Å². The lowest BCUT2D eigenvalue weighted by molar-refractivity contribution is 0.0694. The Labute approximate surface area is 221 Å². The highest BCUT2D eigenvalue weighted by molar-refractivity contribution is 5.91. The third-order valence-corrected chi connectivity index (χ3v) is 7.31. The Morgan fingerprint density at radius 2 is 1.49 bits per heavy atom. The highest BCUT2D eigenvalue weighted by atomic mass is 16.5. The number of ether oxygens (including phenoxy) is 1. The Morgan fingerprint density at radius 1 is 0.838 bits per heavy atom. The Morgan fingerprint density at radius 3 is 2.08 bits per heavy atom. The van der Waals surface area contributed by atoms with E-state index in [2.05, 4.69) is 27.7 Å². The molecule has 0 spiro atoms. The first-order valence-electron chi connectivity index (χ1n) is 13.6. The highest BCUT2D eigenvalue weighted by Gasteiger charge is 2.18. The van der Waals surface area contributed by atoms with Gasteiger partial charge < -0.3 is 9.84 Å². The standard InChI is InChI=1S/C33H40O4/c1-5-8-9-10-25-11-13-27(14-12-25)33(36)37-29-18-15-26(16-19-29)30-20-17-28(32(34)35)22-31(30)23(4)21-24(6-2)7-3/h11-20,22-24H,5-10,21H2,1-4H3,(H,34,35)/t23-/m1/s1. The van der Waals surface area contributed by atoms with Crippen molar-refractivity contribution in [2.75, 3.05) is 0 Å². The molecule has 4 heteroatoms. The summed E-state index contributed by atoms with van der Waals surface area (Å²) in [5.74, 6) is 0.0108. The summed E-state index contributed by atoms with van der Waals surface area (Å²) in [4.78, 5) is 24.3. The fourth-order valence-corrected chi connectivity index (χ4v) is 4.87. The van der Waals surface area contributed by atoms with E-state index in [1.54, 1.807) is 18.2 Å². The molecule has 0 heterocycles. The van der Waals surface area contributed by atoms with E-state index < -0.39 is 5.97 Å². The number of hydrogen-bond acceptors (Lipinski definition) is 3. The molecule has 196 valence electrons. The van der Waals surface area contributed by atoms with Gasteiger partial charge in [0.15, 0.2) is 0 Å². The van der Waals surface area contributed by atoms with Crippen molar-refractivity contribution in [3.63, 3.8) is 0 Å². The molecule has 0 aliphatic carbocycles.